The van der Waals surface area contributed by atoms with Crippen LogP contribution in [-0.2, 0) is 4.79 Å². The van der Waals surface area contributed by atoms with E-state index in [0.717, 1.165) is 5.69 Å². The van der Waals surface area contributed by atoms with Crippen LogP contribution in [0.1, 0.15) is 0 Å². The van der Waals surface area contributed by atoms with Crippen molar-refractivity contribution in [2.75, 3.05) is 18.2 Å². The van der Waals surface area contributed by atoms with E-state index in [1.54, 1.807) is 23.9 Å². The van der Waals surface area contributed by atoms with Crippen LogP contribution in [0.4, 0.5) is 5.69 Å². The first-order chi connectivity index (χ1) is 11.8. The van der Waals surface area contributed by atoms with E-state index in [-0.39, 0.29) is 11.7 Å². The molecule has 0 aliphatic heterocycles. The van der Waals surface area contributed by atoms with Gasteiger partial charge in [0.1, 0.15) is 5.75 Å². The molecule has 3 aromatic rings. The van der Waals surface area contributed by atoms with Gasteiger partial charge in [-0.1, -0.05) is 42.1 Å². The molecule has 8 heteroatoms. The number of aromatic nitrogens is 4. The van der Waals surface area contributed by atoms with Gasteiger partial charge in [0.15, 0.2) is 0 Å². The SMILES string of the molecule is COc1ccccc1NC(=O)CSc1nnnn1-c1ccccc1. The molecule has 122 valence electrons. The molecule has 24 heavy (non-hydrogen) atoms. The van der Waals surface area contributed by atoms with Crippen LogP contribution in [-0.4, -0.2) is 39.0 Å². The van der Waals surface area contributed by atoms with Crippen LogP contribution in [0.25, 0.3) is 5.69 Å². The zero-order valence-electron chi connectivity index (χ0n) is 12.9. The van der Waals surface area contributed by atoms with E-state index in [1.165, 1.54) is 11.8 Å². The van der Waals surface area contributed by atoms with E-state index in [2.05, 4.69) is 20.8 Å². The standard InChI is InChI=1S/C16H15N5O2S/c1-23-14-10-6-5-9-13(14)17-15(22)11-24-16-18-19-20-21(16)12-7-3-2-4-8-12/h2-10H,11H2,1H3,(H,17,22). The number of nitrogens with one attached hydrogen (secondary N) is 1. The number of rotatable bonds is 6. The number of ether oxygens (including phenoxy) is 1. The fraction of sp³-hybridized carbons (Fsp3) is 0.125. The van der Waals surface area contributed by atoms with Gasteiger partial charge in [-0.2, -0.15) is 4.68 Å². The van der Waals surface area contributed by atoms with Gasteiger partial charge in [0.25, 0.3) is 0 Å². The summed E-state index contributed by atoms with van der Waals surface area (Å²) in [6.45, 7) is 0. The molecular weight excluding hydrogens is 326 g/mol. The summed E-state index contributed by atoms with van der Waals surface area (Å²) in [6.07, 6.45) is 0. The molecule has 0 aliphatic rings. The molecule has 0 atom stereocenters. The summed E-state index contributed by atoms with van der Waals surface area (Å²) >= 11 is 1.26. The fourth-order valence-corrected chi connectivity index (χ4v) is 2.76. The molecule has 0 radical (unpaired) electrons. The number of anilines is 1. The van der Waals surface area contributed by atoms with Crippen molar-refractivity contribution in [2.24, 2.45) is 0 Å². The molecule has 0 fully saturated rings. The third-order valence-corrected chi connectivity index (χ3v) is 4.07. The molecule has 2 aromatic carbocycles. The average Bonchev–Trinajstić information content (AvgIpc) is 3.10. The second-order valence-electron chi connectivity index (χ2n) is 4.75. The van der Waals surface area contributed by atoms with Crippen molar-refractivity contribution in [2.45, 2.75) is 5.16 Å². The largest absolute Gasteiger partial charge is 0.495 e. The second-order valence-corrected chi connectivity index (χ2v) is 5.69. The summed E-state index contributed by atoms with van der Waals surface area (Å²) in [4.78, 5) is 12.2. The fourth-order valence-electron chi connectivity index (χ4n) is 2.06. The molecule has 1 amide bonds. The van der Waals surface area contributed by atoms with Crippen molar-refractivity contribution < 1.29 is 9.53 Å². The van der Waals surface area contributed by atoms with Crippen molar-refractivity contribution in [3.05, 3.63) is 54.6 Å². The third kappa shape index (κ3) is 3.72. The summed E-state index contributed by atoms with van der Waals surface area (Å²) in [5.41, 5.74) is 1.48. The van der Waals surface area contributed by atoms with Gasteiger partial charge < -0.3 is 10.1 Å². The van der Waals surface area contributed by atoms with Gasteiger partial charge in [0.05, 0.1) is 24.2 Å². The van der Waals surface area contributed by atoms with Gasteiger partial charge in [-0.05, 0) is 34.7 Å². The topological polar surface area (TPSA) is 81.9 Å². The number of hydrogen-bond acceptors (Lipinski definition) is 6. The Morgan fingerprint density at radius 1 is 1.17 bits per heavy atom. The van der Waals surface area contributed by atoms with Crippen LogP contribution in [0.5, 0.6) is 5.75 Å². The minimum Gasteiger partial charge on any atom is -0.495 e. The van der Waals surface area contributed by atoms with Crippen LogP contribution in [0.2, 0.25) is 0 Å². The first-order valence-electron chi connectivity index (χ1n) is 7.17. The van der Waals surface area contributed by atoms with Gasteiger partial charge >= 0.3 is 0 Å². The van der Waals surface area contributed by atoms with E-state index in [1.807, 2.05) is 42.5 Å². The monoisotopic (exact) mass is 341 g/mol. The number of tetrazole rings is 1. The van der Waals surface area contributed by atoms with E-state index in [9.17, 15) is 4.79 Å². The summed E-state index contributed by atoms with van der Waals surface area (Å²) in [6, 6.07) is 16.8. The highest BCUT2D eigenvalue weighted by molar-refractivity contribution is 7.99. The number of methoxy groups -OCH3 is 1. The Hall–Kier alpha value is -2.87. The molecule has 1 aromatic heterocycles. The van der Waals surface area contributed by atoms with Crippen molar-refractivity contribution >= 4 is 23.4 Å². The number of carbonyl (C=O) groups is 1. The summed E-state index contributed by atoms with van der Waals surface area (Å²) in [5, 5.41) is 15.0. The van der Waals surface area contributed by atoms with E-state index in [0.29, 0.717) is 16.6 Å². The Bertz CT molecular complexity index is 822. The maximum Gasteiger partial charge on any atom is 0.234 e. The second kappa shape index (κ2) is 7.60. The van der Waals surface area contributed by atoms with Gasteiger partial charge in [0.2, 0.25) is 11.1 Å². The lowest BCUT2D eigenvalue weighted by Crippen LogP contribution is -2.15. The molecule has 0 unspecified atom stereocenters. The maximum absolute atomic E-state index is 12.2. The molecule has 1 heterocycles. The quantitative estimate of drug-likeness (QED) is 0.693. The van der Waals surface area contributed by atoms with E-state index >= 15 is 0 Å². The molecule has 0 aliphatic carbocycles. The Labute approximate surface area is 143 Å². The molecule has 3 rings (SSSR count). The zero-order chi connectivity index (χ0) is 16.8. The predicted molar refractivity (Wildman–Crippen MR) is 91.5 cm³/mol. The van der Waals surface area contributed by atoms with Crippen LogP contribution in [0, 0.1) is 0 Å². The molecule has 0 spiro atoms. The first-order valence-corrected chi connectivity index (χ1v) is 8.16. The van der Waals surface area contributed by atoms with Crippen LogP contribution in [0.3, 0.4) is 0 Å². The Balaban J connectivity index is 1.64. The number of amides is 1. The normalized spacial score (nSPS) is 10.4. The first kappa shape index (κ1) is 16.0. The van der Waals surface area contributed by atoms with Crippen molar-refractivity contribution in [3.8, 4) is 11.4 Å². The molecule has 0 saturated carbocycles. The summed E-state index contributed by atoms with van der Waals surface area (Å²) < 4.78 is 6.81. The Morgan fingerprint density at radius 2 is 1.92 bits per heavy atom. The molecule has 0 saturated heterocycles. The van der Waals surface area contributed by atoms with E-state index < -0.39 is 0 Å². The van der Waals surface area contributed by atoms with Crippen LogP contribution < -0.4 is 10.1 Å². The van der Waals surface area contributed by atoms with Gasteiger partial charge in [-0.25, -0.2) is 0 Å². The predicted octanol–water partition coefficient (Wildman–Crippen LogP) is 2.40. The number of benzene rings is 2. The molecule has 7 nitrogen and oxygen atoms in total. The average molecular weight is 341 g/mol. The highest BCUT2D eigenvalue weighted by Crippen LogP contribution is 2.24. The lowest BCUT2D eigenvalue weighted by atomic mass is 10.3. The Kier molecular flexibility index (Phi) is 5.07. The number of para-hydroxylation sites is 3. The van der Waals surface area contributed by atoms with Gasteiger partial charge in [-0.3, -0.25) is 4.79 Å². The minimum absolute atomic E-state index is 0.160. The highest BCUT2D eigenvalue weighted by atomic mass is 32.2. The molecule has 0 bridgehead atoms. The van der Waals surface area contributed by atoms with E-state index in [4.69, 9.17) is 4.74 Å². The summed E-state index contributed by atoms with van der Waals surface area (Å²) in [7, 11) is 1.56. The van der Waals surface area contributed by atoms with Crippen molar-refractivity contribution in [1.82, 2.24) is 20.2 Å². The maximum atomic E-state index is 12.2. The minimum atomic E-state index is -0.160. The molecule has 1 N–H and O–H groups in total. The summed E-state index contributed by atoms with van der Waals surface area (Å²) in [5.74, 6) is 0.641. The van der Waals surface area contributed by atoms with Crippen LogP contribution >= 0.6 is 11.8 Å². The van der Waals surface area contributed by atoms with Gasteiger partial charge in [0, 0.05) is 0 Å². The van der Waals surface area contributed by atoms with Crippen molar-refractivity contribution in [3.63, 3.8) is 0 Å². The number of carbonyl (C=O) groups excluding carboxylic acids is 1. The lowest BCUT2D eigenvalue weighted by molar-refractivity contribution is -0.113. The Morgan fingerprint density at radius 3 is 2.71 bits per heavy atom. The zero-order valence-corrected chi connectivity index (χ0v) is 13.7. The van der Waals surface area contributed by atoms with Crippen LogP contribution in [0.15, 0.2) is 59.8 Å². The van der Waals surface area contributed by atoms with Gasteiger partial charge in [-0.15, -0.1) is 5.10 Å². The lowest BCUT2D eigenvalue weighted by Gasteiger charge is -2.09. The third-order valence-electron chi connectivity index (χ3n) is 3.16. The number of thioether (sulfide) groups is 1. The highest BCUT2D eigenvalue weighted by Gasteiger charge is 2.12. The number of nitrogens with zero attached hydrogens (tertiary/aromatic N) is 4. The molecular formula is C16H15N5O2S. The van der Waals surface area contributed by atoms with Crippen molar-refractivity contribution in [1.29, 1.82) is 0 Å². The smallest absolute Gasteiger partial charge is 0.234 e. The number of hydrogen-bond donors (Lipinski definition) is 1.